The molecule has 1 aliphatic heterocycles. The van der Waals surface area contributed by atoms with E-state index in [1.54, 1.807) is 26.0 Å². The molecule has 0 saturated heterocycles. The van der Waals surface area contributed by atoms with E-state index in [9.17, 15) is 24.0 Å². The molecule has 4 amide bonds. The number of fused-ring (bicyclic) bond motifs is 1. The average molecular weight is 503 g/mol. The lowest BCUT2D eigenvalue weighted by atomic mass is 10.0. The Hall–Kier alpha value is -3.93. The number of thiophene rings is 1. The summed E-state index contributed by atoms with van der Waals surface area (Å²) in [4.78, 5) is 61.4. The van der Waals surface area contributed by atoms with Gasteiger partial charge in [-0.15, -0.1) is 11.3 Å². The normalized spacial score (nSPS) is 12.7. The molecular formula is C23H26N4O7S. The lowest BCUT2D eigenvalue weighted by molar-refractivity contribution is -0.142. The second-order valence-electron chi connectivity index (χ2n) is 7.62. The van der Waals surface area contributed by atoms with Gasteiger partial charge in [0.1, 0.15) is 6.04 Å². The largest absolute Gasteiger partial charge is 0.467 e. The van der Waals surface area contributed by atoms with Crippen LogP contribution in [0.4, 0.5) is 10.5 Å². The highest BCUT2D eigenvalue weighted by molar-refractivity contribution is 7.16. The Kier molecular flexibility index (Phi) is 8.42. The summed E-state index contributed by atoms with van der Waals surface area (Å²) in [6.07, 6.45) is -0.470. The van der Waals surface area contributed by atoms with Gasteiger partial charge in [0.25, 0.3) is 11.8 Å². The number of benzene rings is 1. The Morgan fingerprint density at radius 3 is 2.66 bits per heavy atom. The molecule has 1 aromatic heterocycles. The maximum atomic E-state index is 12.8. The van der Waals surface area contributed by atoms with E-state index < -0.39 is 24.0 Å². The average Bonchev–Trinajstić information content (AvgIpc) is 3.41. The van der Waals surface area contributed by atoms with Gasteiger partial charge in [-0.3, -0.25) is 14.4 Å². The molecule has 2 heterocycles. The highest BCUT2D eigenvalue weighted by Gasteiger charge is 2.26. The zero-order valence-electron chi connectivity index (χ0n) is 19.5. The van der Waals surface area contributed by atoms with E-state index >= 15 is 0 Å². The van der Waals surface area contributed by atoms with Crippen molar-refractivity contribution in [3.63, 3.8) is 0 Å². The zero-order valence-corrected chi connectivity index (χ0v) is 20.3. The molecule has 0 aliphatic carbocycles. The summed E-state index contributed by atoms with van der Waals surface area (Å²) in [5.41, 5.74) is 2.97. The van der Waals surface area contributed by atoms with E-state index in [1.807, 2.05) is 12.1 Å². The SMILES string of the molecule is CCOC(=O)NC[C@H](NC(=O)c1sc(C(=O)NCc2cccc3c2CC(=O)N3)cc1C)C(=O)OC. The number of ether oxygens (including phenoxy) is 2. The number of carbonyl (C=O) groups is 5. The van der Waals surface area contributed by atoms with Crippen molar-refractivity contribution in [2.45, 2.75) is 32.9 Å². The number of hydrogen-bond acceptors (Lipinski definition) is 8. The topological polar surface area (TPSA) is 152 Å². The minimum Gasteiger partial charge on any atom is -0.467 e. The van der Waals surface area contributed by atoms with Gasteiger partial charge in [-0.25, -0.2) is 9.59 Å². The molecule has 0 unspecified atom stereocenters. The Labute approximate surface area is 205 Å². The molecule has 11 nitrogen and oxygen atoms in total. The van der Waals surface area contributed by atoms with E-state index in [-0.39, 0.29) is 42.8 Å². The van der Waals surface area contributed by atoms with Crippen molar-refractivity contribution in [2.75, 3.05) is 25.6 Å². The number of esters is 1. The van der Waals surface area contributed by atoms with Crippen molar-refractivity contribution in [3.05, 3.63) is 50.7 Å². The molecule has 0 bridgehead atoms. The van der Waals surface area contributed by atoms with Crippen LogP contribution in [0.2, 0.25) is 0 Å². The van der Waals surface area contributed by atoms with Gasteiger partial charge < -0.3 is 30.7 Å². The molecule has 0 saturated carbocycles. The van der Waals surface area contributed by atoms with Crippen LogP contribution in [0.3, 0.4) is 0 Å². The fourth-order valence-electron chi connectivity index (χ4n) is 3.49. The Morgan fingerprint density at radius 2 is 1.94 bits per heavy atom. The van der Waals surface area contributed by atoms with Crippen LogP contribution in [-0.4, -0.2) is 56.1 Å². The molecule has 0 spiro atoms. The third-order valence-electron chi connectivity index (χ3n) is 5.19. The molecule has 35 heavy (non-hydrogen) atoms. The van der Waals surface area contributed by atoms with Crippen LogP contribution in [0.1, 0.15) is 43.0 Å². The summed E-state index contributed by atoms with van der Waals surface area (Å²) in [6.45, 7) is 3.46. The van der Waals surface area contributed by atoms with Crippen LogP contribution in [0.15, 0.2) is 24.3 Å². The van der Waals surface area contributed by atoms with Crippen LogP contribution in [0.5, 0.6) is 0 Å². The smallest absolute Gasteiger partial charge is 0.407 e. The van der Waals surface area contributed by atoms with Gasteiger partial charge in [-0.2, -0.15) is 0 Å². The molecular weight excluding hydrogens is 476 g/mol. The number of amides is 4. The first-order valence-corrected chi connectivity index (χ1v) is 11.6. The van der Waals surface area contributed by atoms with E-state index in [2.05, 4.69) is 21.3 Å². The van der Waals surface area contributed by atoms with Crippen molar-refractivity contribution >= 4 is 46.8 Å². The molecule has 0 fully saturated rings. The van der Waals surface area contributed by atoms with Gasteiger partial charge >= 0.3 is 12.1 Å². The highest BCUT2D eigenvalue weighted by atomic mass is 32.1. The molecule has 0 radical (unpaired) electrons. The lowest BCUT2D eigenvalue weighted by Gasteiger charge is -2.16. The van der Waals surface area contributed by atoms with E-state index in [0.29, 0.717) is 10.4 Å². The molecule has 1 atom stereocenters. The number of anilines is 1. The second kappa shape index (κ2) is 11.5. The van der Waals surface area contributed by atoms with Crippen molar-refractivity contribution < 1.29 is 33.4 Å². The van der Waals surface area contributed by atoms with Gasteiger partial charge in [0.05, 0.1) is 36.4 Å². The summed E-state index contributed by atoms with van der Waals surface area (Å²) < 4.78 is 9.45. The zero-order chi connectivity index (χ0) is 25.5. The maximum Gasteiger partial charge on any atom is 0.407 e. The summed E-state index contributed by atoms with van der Waals surface area (Å²) in [6, 6.07) is 5.89. The fourth-order valence-corrected chi connectivity index (χ4v) is 4.48. The Bertz CT molecular complexity index is 1160. The van der Waals surface area contributed by atoms with E-state index in [1.165, 1.54) is 7.11 Å². The molecule has 1 aromatic carbocycles. The molecule has 186 valence electrons. The second-order valence-corrected chi connectivity index (χ2v) is 8.68. The summed E-state index contributed by atoms with van der Waals surface area (Å²) in [5.74, 6) is -1.80. The van der Waals surface area contributed by atoms with Gasteiger partial charge in [-0.1, -0.05) is 12.1 Å². The third kappa shape index (κ3) is 6.35. The van der Waals surface area contributed by atoms with Crippen molar-refractivity contribution in [1.29, 1.82) is 0 Å². The van der Waals surface area contributed by atoms with Gasteiger partial charge in [0, 0.05) is 12.2 Å². The minimum absolute atomic E-state index is 0.0916. The number of alkyl carbamates (subject to hydrolysis) is 1. The van der Waals surface area contributed by atoms with Crippen LogP contribution < -0.4 is 21.3 Å². The van der Waals surface area contributed by atoms with Crippen LogP contribution >= 0.6 is 11.3 Å². The van der Waals surface area contributed by atoms with Gasteiger partial charge in [0.2, 0.25) is 5.91 Å². The monoisotopic (exact) mass is 502 g/mol. The van der Waals surface area contributed by atoms with Gasteiger partial charge in [-0.05, 0) is 42.7 Å². The summed E-state index contributed by atoms with van der Waals surface area (Å²) in [7, 11) is 1.17. The van der Waals surface area contributed by atoms with Crippen molar-refractivity contribution in [1.82, 2.24) is 16.0 Å². The third-order valence-corrected chi connectivity index (χ3v) is 6.42. The summed E-state index contributed by atoms with van der Waals surface area (Å²) in [5, 5.41) is 10.5. The van der Waals surface area contributed by atoms with E-state index in [4.69, 9.17) is 9.47 Å². The van der Waals surface area contributed by atoms with Crippen LogP contribution in [0.25, 0.3) is 0 Å². The quantitative estimate of drug-likeness (QED) is 0.379. The van der Waals surface area contributed by atoms with Gasteiger partial charge in [0.15, 0.2) is 0 Å². The van der Waals surface area contributed by atoms with Crippen LogP contribution in [0, 0.1) is 6.92 Å². The Morgan fingerprint density at radius 1 is 1.17 bits per heavy atom. The Balaban J connectivity index is 1.64. The number of carbonyl (C=O) groups excluding carboxylic acids is 5. The molecule has 4 N–H and O–H groups in total. The van der Waals surface area contributed by atoms with Crippen molar-refractivity contribution in [2.24, 2.45) is 0 Å². The summed E-state index contributed by atoms with van der Waals surface area (Å²) >= 11 is 0.976. The molecule has 2 aromatic rings. The molecule has 12 heteroatoms. The van der Waals surface area contributed by atoms with Crippen LogP contribution in [-0.2, 0) is 32.0 Å². The minimum atomic E-state index is -1.15. The first kappa shape index (κ1) is 25.7. The molecule has 3 rings (SSSR count). The number of aryl methyl sites for hydroxylation is 1. The number of nitrogens with one attached hydrogen (secondary N) is 4. The van der Waals surface area contributed by atoms with E-state index in [0.717, 1.165) is 28.2 Å². The lowest BCUT2D eigenvalue weighted by Crippen LogP contribution is -2.49. The highest BCUT2D eigenvalue weighted by Crippen LogP contribution is 2.26. The number of methoxy groups -OCH3 is 1. The number of hydrogen-bond donors (Lipinski definition) is 4. The first-order valence-electron chi connectivity index (χ1n) is 10.8. The number of rotatable bonds is 9. The fraction of sp³-hybridized carbons (Fsp3) is 0.348. The maximum absolute atomic E-state index is 12.8. The first-order chi connectivity index (χ1) is 16.7. The standard InChI is InChI=1S/C23H26N4O7S/c1-4-34-23(32)25-11-16(22(31)33-3)27-21(30)19-12(2)8-17(35-19)20(29)24-10-13-6-5-7-15-14(13)9-18(28)26-15/h5-8,16H,4,9-11H2,1-3H3,(H,24,29)(H,25,32)(H,26,28)(H,27,30)/t16-/m0/s1. The predicted octanol–water partition coefficient (Wildman–Crippen LogP) is 1.50. The molecule has 1 aliphatic rings. The van der Waals surface area contributed by atoms with Crippen molar-refractivity contribution in [3.8, 4) is 0 Å². The predicted molar refractivity (Wildman–Crippen MR) is 127 cm³/mol.